The number of fused-ring (bicyclic) bond motifs is 1. The minimum absolute atomic E-state index is 0.164. The van der Waals surface area contributed by atoms with Gasteiger partial charge in [-0.05, 0) is 32.0 Å². The lowest BCUT2D eigenvalue weighted by Crippen LogP contribution is -2.19. The maximum atomic E-state index is 11.8. The van der Waals surface area contributed by atoms with Crippen LogP contribution in [-0.2, 0) is 4.79 Å². The number of thioether (sulfide) groups is 1. The molecule has 1 N–H and O–H groups in total. The molecule has 0 radical (unpaired) electrons. The van der Waals surface area contributed by atoms with Crippen LogP contribution in [0.1, 0.15) is 17.1 Å². The number of hydrogen-bond donors (Lipinski definition) is 1. The fraction of sp³-hybridized carbons (Fsp3) is 0.188. The predicted octanol–water partition coefficient (Wildman–Crippen LogP) is 3.75. The van der Waals surface area contributed by atoms with E-state index in [0.29, 0.717) is 0 Å². The van der Waals surface area contributed by atoms with Gasteiger partial charge in [0.25, 0.3) is 5.91 Å². The molecule has 0 aliphatic rings. The molecule has 0 spiro atoms. The standard InChI is InChI=1S/C16H15N3O2S2/c1-10-7-12(11(2)21-10)8-17-19-15(20)9-22-16-18-13-5-3-4-6-14(13)23-16/h3-8H,9H2,1-2H3,(H,19,20)/b17-8-. The number of nitrogens with zero attached hydrogens (tertiary/aromatic N) is 2. The zero-order valence-electron chi connectivity index (χ0n) is 12.7. The molecule has 7 heteroatoms. The first-order valence-corrected chi connectivity index (χ1v) is 8.79. The number of nitrogens with one attached hydrogen (secondary N) is 1. The van der Waals surface area contributed by atoms with E-state index in [1.807, 2.05) is 44.2 Å². The molecule has 0 aliphatic heterocycles. The highest BCUT2D eigenvalue weighted by atomic mass is 32.2. The van der Waals surface area contributed by atoms with Gasteiger partial charge in [-0.2, -0.15) is 5.10 Å². The fourth-order valence-electron chi connectivity index (χ4n) is 2.02. The summed E-state index contributed by atoms with van der Waals surface area (Å²) in [5, 5.41) is 3.96. The molecular formula is C16H15N3O2S2. The average molecular weight is 345 g/mol. The van der Waals surface area contributed by atoms with Gasteiger partial charge in [0.05, 0.1) is 22.2 Å². The zero-order valence-corrected chi connectivity index (χ0v) is 14.3. The first-order chi connectivity index (χ1) is 11.1. The second-order valence-electron chi connectivity index (χ2n) is 4.90. The number of hydrogen-bond acceptors (Lipinski definition) is 6. The molecule has 2 heterocycles. The number of hydrazone groups is 1. The number of amides is 1. The number of benzene rings is 1. The van der Waals surface area contributed by atoms with Crippen molar-refractivity contribution in [1.29, 1.82) is 0 Å². The van der Waals surface area contributed by atoms with Gasteiger partial charge < -0.3 is 4.42 Å². The van der Waals surface area contributed by atoms with Gasteiger partial charge in [-0.25, -0.2) is 10.4 Å². The van der Waals surface area contributed by atoms with Crippen LogP contribution in [0.3, 0.4) is 0 Å². The lowest BCUT2D eigenvalue weighted by molar-refractivity contribution is -0.118. The molecule has 1 amide bonds. The molecule has 0 bridgehead atoms. The average Bonchev–Trinajstić information content (AvgIpc) is 3.08. The summed E-state index contributed by atoms with van der Waals surface area (Å²) in [5.74, 6) is 1.72. The third kappa shape index (κ3) is 4.00. The fourth-order valence-corrected chi connectivity index (χ4v) is 3.89. The predicted molar refractivity (Wildman–Crippen MR) is 94.3 cm³/mol. The molecular weight excluding hydrogens is 330 g/mol. The van der Waals surface area contributed by atoms with E-state index >= 15 is 0 Å². The molecule has 0 unspecified atom stereocenters. The highest BCUT2D eigenvalue weighted by Gasteiger charge is 2.07. The summed E-state index contributed by atoms with van der Waals surface area (Å²) >= 11 is 3.00. The van der Waals surface area contributed by atoms with E-state index in [4.69, 9.17) is 4.42 Å². The summed E-state index contributed by atoms with van der Waals surface area (Å²) < 4.78 is 7.40. The van der Waals surface area contributed by atoms with Crippen LogP contribution in [0.2, 0.25) is 0 Å². The zero-order chi connectivity index (χ0) is 16.2. The molecule has 2 aromatic heterocycles. The van der Waals surface area contributed by atoms with E-state index in [9.17, 15) is 4.79 Å². The Hall–Kier alpha value is -2.12. The highest BCUT2D eigenvalue weighted by molar-refractivity contribution is 8.01. The Morgan fingerprint density at radius 1 is 1.43 bits per heavy atom. The maximum Gasteiger partial charge on any atom is 0.250 e. The van der Waals surface area contributed by atoms with Gasteiger partial charge in [-0.3, -0.25) is 4.79 Å². The Bertz CT molecular complexity index is 834. The molecule has 0 atom stereocenters. The van der Waals surface area contributed by atoms with Crippen LogP contribution in [0.4, 0.5) is 0 Å². The molecule has 3 rings (SSSR count). The lowest BCUT2D eigenvalue weighted by Gasteiger charge is -1.97. The second kappa shape index (κ2) is 6.97. The first-order valence-electron chi connectivity index (χ1n) is 6.99. The number of thiazole rings is 1. The van der Waals surface area contributed by atoms with Crippen molar-refractivity contribution in [3.05, 3.63) is 47.4 Å². The van der Waals surface area contributed by atoms with E-state index in [0.717, 1.165) is 31.6 Å². The van der Waals surface area contributed by atoms with Crippen LogP contribution in [0.25, 0.3) is 10.2 Å². The van der Waals surface area contributed by atoms with Crippen molar-refractivity contribution in [2.24, 2.45) is 5.10 Å². The molecule has 23 heavy (non-hydrogen) atoms. The van der Waals surface area contributed by atoms with Crippen LogP contribution in [0.5, 0.6) is 0 Å². The highest BCUT2D eigenvalue weighted by Crippen LogP contribution is 2.28. The van der Waals surface area contributed by atoms with Crippen LogP contribution < -0.4 is 5.43 Å². The SMILES string of the molecule is Cc1cc(/C=N\NC(=O)CSc2nc3ccccc3s2)c(C)o1. The van der Waals surface area contributed by atoms with Crippen molar-refractivity contribution < 1.29 is 9.21 Å². The van der Waals surface area contributed by atoms with E-state index in [1.54, 1.807) is 17.6 Å². The van der Waals surface area contributed by atoms with Crippen LogP contribution in [0, 0.1) is 13.8 Å². The van der Waals surface area contributed by atoms with Gasteiger partial charge in [0.1, 0.15) is 11.5 Å². The summed E-state index contributed by atoms with van der Waals surface area (Å²) in [6.45, 7) is 3.73. The monoisotopic (exact) mass is 345 g/mol. The Labute approximate surface area is 141 Å². The number of carbonyl (C=O) groups is 1. The molecule has 1 aromatic carbocycles. The van der Waals surface area contributed by atoms with Crippen molar-refractivity contribution in [2.45, 2.75) is 18.2 Å². The topological polar surface area (TPSA) is 67.5 Å². The molecule has 0 fully saturated rings. The van der Waals surface area contributed by atoms with Gasteiger partial charge in [-0.15, -0.1) is 11.3 Å². The molecule has 118 valence electrons. The van der Waals surface area contributed by atoms with Gasteiger partial charge in [0, 0.05) is 5.56 Å². The van der Waals surface area contributed by atoms with Crippen molar-refractivity contribution in [2.75, 3.05) is 5.75 Å². The van der Waals surface area contributed by atoms with E-state index in [1.165, 1.54) is 11.8 Å². The van der Waals surface area contributed by atoms with Crippen LogP contribution >= 0.6 is 23.1 Å². The van der Waals surface area contributed by atoms with Gasteiger partial charge >= 0.3 is 0 Å². The largest absolute Gasteiger partial charge is 0.466 e. The molecule has 5 nitrogen and oxygen atoms in total. The van der Waals surface area contributed by atoms with Crippen LogP contribution in [-0.4, -0.2) is 22.9 Å². The van der Waals surface area contributed by atoms with Gasteiger partial charge in [0.15, 0.2) is 4.34 Å². The minimum Gasteiger partial charge on any atom is -0.466 e. The van der Waals surface area contributed by atoms with Crippen molar-refractivity contribution in [3.63, 3.8) is 0 Å². The van der Waals surface area contributed by atoms with E-state index in [-0.39, 0.29) is 11.7 Å². The van der Waals surface area contributed by atoms with Crippen molar-refractivity contribution in [1.82, 2.24) is 10.4 Å². The number of rotatable bonds is 5. The molecule has 0 saturated carbocycles. The van der Waals surface area contributed by atoms with Gasteiger partial charge in [-0.1, -0.05) is 23.9 Å². The Morgan fingerprint density at radius 2 is 2.26 bits per heavy atom. The van der Waals surface area contributed by atoms with Crippen LogP contribution in [0.15, 0.2) is 44.2 Å². The second-order valence-corrected chi connectivity index (χ2v) is 7.15. The number of para-hydroxylation sites is 1. The normalized spacial score (nSPS) is 11.4. The first kappa shape index (κ1) is 15.8. The summed E-state index contributed by atoms with van der Waals surface area (Å²) in [7, 11) is 0. The Morgan fingerprint density at radius 3 is 3.00 bits per heavy atom. The van der Waals surface area contributed by atoms with E-state index in [2.05, 4.69) is 15.5 Å². The molecule has 0 saturated heterocycles. The Balaban J connectivity index is 1.52. The minimum atomic E-state index is -0.164. The van der Waals surface area contributed by atoms with Gasteiger partial charge in [0.2, 0.25) is 0 Å². The maximum absolute atomic E-state index is 11.8. The van der Waals surface area contributed by atoms with E-state index < -0.39 is 0 Å². The number of carbonyl (C=O) groups excluding carboxylic acids is 1. The lowest BCUT2D eigenvalue weighted by atomic mass is 10.3. The van der Waals surface area contributed by atoms with Crippen molar-refractivity contribution >= 4 is 45.4 Å². The molecule has 3 aromatic rings. The van der Waals surface area contributed by atoms with Crippen molar-refractivity contribution in [3.8, 4) is 0 Å². The Kier molecular flexibility index (Phi) is 4.78. The summed E-state index contributed by atoms with van der Waals surface area (Å²) in [5.41, 5.74) is 4.34. The summed E-state index contributed by atoms with van der Waals surface area (Å²) in [6.07, 6.45) is 1.59. The smallest absolute Gasteiger partial charge is 0.250 e. The summed E-state index contributed by atoms with van der Waals surface area (Å²) in [4.78, 5) is 16.3. The third-order valence-electron chi connectivity index (χ3n) is 3.07. The molecule has 0 aliphatic carbocycles. The summed E-state index contributed by atoms with van der Waals surface area (Å²) in [6, 6.07) is 9.81. The third-order valence-corrected chi connectivity index (χ3v) is 5.25. The number of aromatic nitrogens is 1. The number of aryl methyl sites for hydroxylation is 2. The number of furan rings is 1. The quantitative estimate of drug-likeness (QED) is 0.434.